The van der Waals surface area contributed by atoms with Crippen molar-refractivity contribution in [1.29, 1.82) is 0 Å². The van der Waals surface area contributed by atoms with E-state index >= 15 is 0 Å². The lowest BCUT2D eigenvalue weighted by Gasteiger charge is -2.31. The molecule has 0 bridgehead atoms. The third-order valence-corrected chi connectivity index (χ3v) is 4.37. The van der Waals surface area contributed by atoms with Crippen molar-refractivity contribution in [2.45, 2.75) is 19.8 Å². The molecule has 24 heavy (non-hydrogen) atoms. The number of nitrogens with zero attached hydrogens (tertiary/aromatic N) is 1. The Morgan fingerprint density at radius 2 is 2.04 bits per heavy atom. The summed E-state index contributed by atoms with van der Waals surface area (Å²) < 4.78 is 5.49. The summed E-state index contributed by atoms with van der Waals surface area (Å²) in [7, 11) is 0. The zero-order chi connectivity index (χ0) is 16.9. The number of hydrogen-bond acceptors (Lipinski definition) is 3. The van der Waals surface area contributed by atoms with Gasteiger partial charge in [0.1, 0.15) is 0 Å². The molecule has 5 nitrogen and oxygen atoms in total. The van der Waals surface area contributed by atoms with Gasteiger partial charge in [-0.25, -0.2) is 0 Å². The molecule has 2 amide bonds. The minimum Gasteiger partial charge on any atom is -0.459 e. The molecule has 2 heterocycles. The molecule has 1 atom stereocenters. The van der Waals surface area contributed by atoms with Gasteiger partial charge in [0, 0.05) is 25.2 Å². The maximum Gasteiger partial charge on any atom is 0.290 e. The molecule has 1 saturated heterocycles. The topological polar surface area (TPSA) is 62.6 Å². The Balaban J connectivity index is 1.78. The highest BCUT2D eigenvalue weighted by Gasteiger charge is 2.31. The van der Waals surface area contributed by atoms with E-state index in [4.69, 9.17) is 4.42 Å². The number of furan rings is 1. The highest BCUT2D eigenvalue weighted by Crippen LogP contribution is 2.27. The SMILES string of the molecule is CCNC(=O)[C@@H]1CCCN(C(=O)c2occc2-c2ccccc2)C1. The molecular formula is C19H22N2O3. The van der Waals surface area contributed by atoms with Crippen LogP contribution in [0.5, 0.6) is 0 Å². The standard InChI is InChI=1S/C19H22N2O3/c1-2-20-18(22)15-9-6-11-21(13-15)19(23)17-16(10-12-24-17)14-7-4-3-5-8-14/h3-5,7-8,10,12,15H,2,6,9,11,13H2,1H3,(H,20,22)/t15-/m1/s1. The van der Waals surface area contributed by atoms with Gasteiger partial charge in [0.15, 0.2) is 5.76 Å². The molecule has 1 aromatic carbocycles. The predicted octanol–water partition coefficient (Wildman–Crippen LogP) is 2.93. The van der Waals surface area contributed by atoms with Gasteiger partial charge >= 0.3 is 0 Å². The van der Waals surface area contributed by atoms with Gasteiger partial charge in [-0.3, -0.25) is 9.59 Å². The predicted molar refractivity (Wildman–Crippen MR) is 91.5 cm³/mol. The maximum atomic E-state index is 12.9. The molecule has 0 radical (unpaired) electrons. The van der Waals surface area contributed by atoms with Crippen LogP contribution in [0.15, 0.2) is 47.1 Å². The lowest BCUT2D eigenvalue weighted by molar-refractivity contribution is -0.126. The Morgan fingerprint density at radius 3 is 2.79 bits per heavy atom. The van der Waals surface area contributed by atoms with Gasteiger partial charge in [-0.2, -0.15) is 0 Å². The first kappa shape index (κ1) is 16.3. The average Bonchev–Trinajstić information content (AvgIpc) is 3.12. The van der Waals surface area contributed by atoms with E-state index in [2.05, 4.69) is 5.32 Å². The third kappa shape index (κ3) is 3.35. The van der Waals surface area contributed by atoms with Crippen LogP contribution in [0.4, 0.5) is 0 Å². The first-order valence-corrected chi connectivity index (χ1v) is 8.40. The normalized spacial score (nSPS) is 17.5. The van der Waals surface area contributed by atoms with Crippen molar-refractivity contribution in [2.24, 2.45) is 5.92 Å². The summed E-state index contributed by atoms with van der Waals surface area (Å²) in [5.74, 6) is 0.0844. The Labute approximate surface area is 141 Å². The molecule has 0 aliphatic carbocycles. The van der Waals surface area contributed by atoms with E-state index in [0.717, 1.165) is 24.0 Å². The fourth-order valence-electron chi connectivity index (χ4n) is 3.16. The molecule has 3 rings (SSSR count). The summed E-state index contributed by atoms with van der Waals surface area (Å²) in [4.78, 5) is 26.7. The van der Waals surface area contributed by atoms with Crippen LogP contribution in [0.25, 0.3) is 11.1 Å². The molecule has 0 saturated carbocycles. The Bertz CT molecular complexity index is 708. The Hall–Kier alpha value is -2.56. The van der Waals surface area contributed by atoms with Crippen LogP contribution in [-0.4, -0.2) is 36.3 Å². The summed E-state index contributed by atoms with van der Waals surface area (Å²) >= 11 is 0. The summed E-state index contributed by atoms with van der Waals surface area (Å²) in [5.41, 5.74) is 1.74. The zero-order valence-corrected chi connectivity index (χ0v) is 13.8. The Morgan fingerprint density at radius 1 is 1.25 bits per heavy atom. The van der Waals surface area contributed by atoms with Crippen LogP contribution in [0.2, 0.25) is 0 Å². The van der Waals surface area contributed by atoms with Gasteiger partial charge in [0.25, 0.3) is 5.91 Å². The van der Waals surface area contributed by atoms with Crippen molar-refractivity contribution in [3.8, 4) is 11.1 Å². The van der Waals surface area contributed by atoms with Gasteiger partial charge < -0.3 is 14.6 Å². The molecule has 2 aromatic rings. The number of rotatable bonds is 4. The van der Waals surface area contributed by atoms with Crippen molar-refractivity contribution >= 4 is 11.8 Å². The fraction of sp³-hybridized carbons (Fsp3) is 0.368. The van der Waals surface area contributed by atoms with Crippen molar-refractivity contribution in [2.75, 3.05) is 19.6 Å². The first-order valence-electron chi connectivity index (χ1n) is 8.40. The lowest BCUT2D eigenvalue weighted by Crippen LogP contribution is -2.45. The van der Waals surface area contributed by atoms with E-state index in [-0.39, 0.29) is 17.7 Å². The van der Waals surface area contributed by atoms with E-state index in [9.17, 15) is 9.59 Å². The number of carbonyl (C=O) groups excluding carboxylic acids is 2. The molecule has 1 aliphatic heterocycles. The van der Waals surface area contributed by atoms with Crippen LogP contribution in [0, 0.1) is 5.92 Å². The summed E-state index contributed by atoms with van der Waals surface area (Å²) in [5, 5.41) is 2.85. The van der Waals surface area contributed by atoms with Crippen LogP contribution < -0.4 is 5.32 Å². The molecular weight excluding hydrogens is 304 g/mol. The number of amides is 2. The van der Waals surface area contributed by atoms with Crippen LogP contribution >= 0.6 is 0 Å². The molecule has 1 aromatic heterocycles. The molecule has 0 unspecified atom stereocenters. The van der Waals surface area contributed by atoms with Gasteiger partial charge in [0.2, 0.25) is 5.91 Å². The molecule has 1 aliphatic rings. The molecule has 1 N–H and O–H groups in total. The molecule has 1 fully saturated rings. The number of piperidine rings is 1. The second-order valence-electron chi connectivity index (χ2n) is 6.01. The van der Waals surface area contributed by atoms with Crippen molar-refractivity contribution in [3.05, 3.63) is 48.4 Å². The van der Waals surface area contributed by atoms with Crippen molar-refractivity contribution in [1.82, 2.24) is 10.2 Å². The van der Waals surface area contributed by atoms with E-state index in [1.165, 1.54) is 0 Å². The lowest BCUT2D eigenvalue weighted by atomic mass is 9.96. The first-order chi connectivity index (χ1) is 11.7. The minimum absolute atomic E-state index is 0.0257. The molecule has 0 spiro atoms. The molecule has 126 valence electrons. The Kier molecular flexibility index (Phi) is 4.99. The smallest absolute Gasteiger partial charge is 0.290 e. The number of carbonyl (C=O) groups is 2. The van der Waals surface area contributed by atoms with Crippen molar-refractivity contribution in [3.63, 3.8) is 0 Å². The quantitative estimate of drug-likeness (QED) is 0.939. The maximum absolute atomic E-state index is 12.9. The summed E-state index contributed by atoms with van der Waals surface area (Å²) in [6.07, 6.45) is 3.19. The van der Waals surface area contributed by atoms with Gasteiger partial charge in [0.05, 0.1) is 12.2 Å². The number of nitrogens with one attached hydrogen (secondary N) is 1. The fourth-order valence-corrected chi connectivity index (χ4v) is 3.16. The van der Waals surface area contributed by atoms with Gasteiger partial charge in [-0.1, -0.05) is 30.3 Å². The summed E-state index contributed by atoms with van der Waals surface area (Å²) in [6, 6.07) is 11.5. The number of benzene rings is 1. The minimum atomic E-state index is -0.146. The number of likely N-dealkylation sites (tertiary alicyclic amines) is 1. The van der Waals surface area contributed by atoms with Crippen LogP contribution in [-0.2, 0) is 4.79 Å². The van der Waals surface area contributed by atoms with Crippen LogP contribution in [0.1, 0.15) is 30.3 Å². The second-order valence-corrected chi connectivity index (χ2v) is 6.01. The van der Waals surface area contributed by atoms with Crippen LogP contribution in [0.3, 0.4) is 0 Å². The van der Waals surface area contributed by atoms with Crippen molar-refractivity contribution < 1.29 is 14.0 Å². The van der Waals surface area contributed by atoms with E-state index in [0.29, 0.717) is 25.4 Å². The highest BCUT2D eigenvalue weighted by atomic mass is 16.3. The van der Waals surface area contributed by atoms with E-state index < -0.39 is 0 Å². The van der Waals surface area contributed by atoms with E-state index in [1.807, 2.05) is 43.3 Å². The van der Waals surface area contributed by atoms with Gasteiger partial charge in [-0.15, -0.1) is 0 Å². The highest BCUT2D eigenvalue weighted by molar-refractivity contribution is 5.98. The third-order valence-electron chi connectivity index (χ3n) is 4.37. The molecule has 5 heteroatoms. The van der Waals surface area contributed by atoms with Gasteiger partial charge in [-0.05, 0) is 31.4 Å². The largest absolute Gasteiger partial charge is 0.459 e. The zero-order valence-electron chi connectivity index (χ0n) is 13.8. The number of hydrogen-bond donors (Lipinski definition) is 1. The summed E-state index contributed by atoms with van der Waals surface area (Å²) in [6.45, 7) is 3.61. The average molecular weight is 326 g/mol. The van der Waals surface area contributed by atoms with E-state index in [1.54, 1.807) is 11.2 Å². The monoisotopic (exact) mass is 326 g/mol. The second kappa shape index (κ2) is 7.34.